The lowest BCUT2D eigenvalue weighted by atomic mass is 10.1. The topological polar surface area (TPSA) is 72.0 Å². The Morgan fingerprint density at radius 2 is 1.88 bits per heavy atom. The maximum atomic E-state index is 13.6. The molecule has 3 aromatic rings. The van der Waals surface area contributed by atoms with E-state index in [1.54, 1.807) is 28.5 Å². The van der Waals surface area contributed by atoms with Crippen LogP contribution in [0, 0.1) is 12.3 Å². The Balaban J connectivity index is 1.77. The normalized spacial score (nSPS) is 15.3. The number of terminal acetylenes is 1. The number of thiazole rings is 1. The van der Waals surface area contributed by atoms with Crippen LogP contribution in [0.15, 0.2) is 53.9 Å². The van der Waals surface area contributed by atoms with E-state index in [2.05, 4.69) is 10.9 Å². The molecule has 2 aromatic carbocycles. The Morgan fingerprint density at radius 3 is 2.47 bits per heavy atom. The van der Waals surface area contributed by atoms with Crippen molar-refractivity contribution in [1.29, 1.82) is 0 Å². The third-order valence-corrected chi connectivity index (χ3v) is 6.01. The molecule has 1 atom stereocenters. The fourth-order valence-corrected chi connectivity index (χ4v) is 4.30. The lowest BCUT2D eigenvalue weighted by molar-refractivity contribution is -0.118. The number of rotatable bonds is 6. The molecule has 0 spiro atoms. The molecule has 1 fully saturated rings. The van der Waals surface area contributed by atoms with Crippen molar-refractivity contribution in [3.05, 3.63) is 64.6 Å². The monoisotopic (exact) mass is 447 g/mol. The molecule has 0 aliphatic carbocycles. The minimum absolute atomic E-state index is 0.168. The fraction of sp³-hybridized carbons (Fsp3) is 0.208. The number of methoxy groups -OCH3 is 2. The number of amides is 2. The van der Waals surface area contributed by atoms with Crippen molar-refractivity contribution < 1.29 is 19.1 Å². The molecule has 0 N–H and O–H groups in total. The zero-order valence-corrected chi connectivity index (χ0v) is 18.5. The largest absolute Gasteiger partial charge is 0.497 e. The first-order valence-electron chi connectivity index (χ1n) is 9.91. The van der Waals surface area contributed by atoms with E-state index in [0.717, 1.165) is 5.69 Å². The molecule has 2 amide bonds. The predicted octanol–water partition coefficient (Wildman–Crippen LogP) is 3.59. The summed E-state index contributed by atoms with van der Waals surface area (Å²) in [5, 5.41) is 2.01. The van der Waals surface area contributed by atoms with Gasteiger partial charge in [0.25, 0.3) is 5.91 Å². The van der Waals surface area contributed by atoms with Gasteiger partial charge in [0.15, 0.2) is 5.01 Å². The van der Waals surface area contributed by atoms with Crippen LogP contribution in [0.25, 0.3) is 0 Å². The van der Waals surface area contributed by atoms with E-state index in [1.165, 1.54) is 30.5 Å². The highest BCUT2D eigenvalue weighted by Gasteiger charge is 2.40. The van der Waals surface area contributed by atoms with Crippen molar-refractivity contribution in [2.45, 2.75) is 12.5 Å². The summed E-state index contributed by atoms with van der Waals surface area (Å²) in [6.45, 7) is 0.491. The number of nitrogens with zero attached hydrogens (tertiary/aromatic N) is 3. The van der Waals surface area contributed by atoms with Crippen LogP contribution in [0.5, 0.6) is 11.5 Å². The van der Waals surface area contributed by atoms with Gasteiger partial charge in [0, 0.05) is 35.8 Å². The summed E-state index contributed by atoms with van der Waals surface area (Å²) in [6, 6.07) is 13.8. The first-order valence-corrected chi connectivity index (χ1v) is 10.8. The van der Waals surface area contributed by atoms with Crippen LogP contribution in [-0.4, -0.2) is 43.6 Å². The van der Waals surface area contributed by atoms with E-state index in [9.17, 15) is 9.59 Å². The van der Waals surface area contributed by atoms with E-state index < -0.39 is 11.9 Å². The van der Waals surface area contributed by atoms with Gasteiger partial charge in [-0.1, -0.05) is 18.2 Å². The summed E-state index contributed by atoms with van der Waals surface area (Å²) in [5.74, 6) is 2.88. The molecule has 4 rings (SSSR count). The number of para-hydroxylation sites is 1. The van der Waals surface area contributed by atoms with Gasteiger partial charge in [-0.3, -0.25) is 14.5 Å². The Hall–Kier alpha value is -3.83. The molecule has 1 aliphatic heterocycles. The minimum Gasteiger partial charge on any atom is -0.497 e. The van der Waals surface area contributed by atoms with Crippen molar-refractivity contribution >= 4 is 34.5 Å². The van der Waals surface area contributed by atoms with Crippen molar-refractivity contribution in [1.82, 2.24) is 4.98 Å². The Bertz CT molecular complexity index is 1160. The number of benzene rings is 2. The third kappa shape index (κ3) is 4.03. The molecule has 0 saturated carbocycles. The highest BCUT2D eigenvalue weighted by atomic mass is 32.1. The van der Waals surface area contributed by atoms with Crippen molar-refractivity contribution in [3.63, 3.8) is 0 Å². The molecule has 1 aromatic heterocycles. The molecule has 162 valence electrons. The molecule has 8 heteroatoms. The fourth-order valence-electron chi connectivity index (χ4n) is 3.70. The summed E-state index contributed by atoms with van der Waals surface area (Å²) in [6.07, 6.45) is 5.90. The van der Waals surface area contributed by atoms with E-state index in [-0.39, 0.29) is 11.6 Å². The van der Waals surface area contributed by atoms with Crippen molar-refractivity contribution in [2.75, 3.05) is 30.6 Å². The molecule has 0 radical (unpaired) electrons. The average Bonchev–Trinajstić information content (AvgIpc) is 3.47. The molecule has 7 nitrogen and oxygen atoms in total. The van der Waals surface area contributed by atoms with Gasteiger partial charge < -0.3 is 14.4 Å². The molecular formula is C24H21N3O4S. The number of hydrogen-bond donors (Lipinski definition) is 0. The lowest BCUT2D eigenvalue weighted by Crippen LogP contribution is -2.46. The molecule has 32 heavy (non-hydrogen) atoms. The third-order valence-electron chi connectivity index (χ3n) is 5.24. The number of hydrogen-bond acceptors (Lipinski definition) is 6. The maximum Gasteiger partial charge on any atom is 0.278 e. The van der Waals surface area contributed by atoms with Crippen LogP contribution in [-0.2, 0) is 4.79 Å². The van der Waals surface area contributed by atoms with Crippen LogP contribution >= 0.6 is 11.3 Å². The summed E-state index contributed by atoms with van der Waals surface area (Å²) >= 11 is 1.21. The first-order chi connectivity index (χ1) is 15.5. The van der Waals surface area contributed by atoms with Crippen molar-refractivity contribution in [3.8, 4) is 23.8 Å². The highest BCUT2D eigenvalue weighted by molar-refractivity contribution is 7.10. The smallest absolute Gasteiger partial charge is 0.278 e. The Labute approximate surface area is 190 Å². The van der Waals surface area contributed by atoms with E-state index in [4.69, 9.17) is 15.9 Å². The maximum absolute atomic E-state index is 13.6. The Morgan fingerprint density at radius 1 is 1.19 bits per heavy atom. The van der Waals surface area contributed by atoms with E-state index in [1.807, 2.05) is 30.3 Å². The second kappa shape index (κ2) is 9.12. The standard InChI is InChI=1S/C24H21N3O4S/c1-4-22-25-20(15-32-22)23(28)27(17-12-18(30-2)14-19(13-17)31-3)21-10-11-26(24(21)29)16-8-6-5-7-9-16/h1,5-9,12-15,21H,10-11H2,2-3H3. The Kier molecular flexibility index (Phi) is 6.10. The molecular weight excluding hydrogens is 426 g/mol. The molecule has 1 unspecified atom stereocenters. The van der Waals surface area contributed by atoms with Crippen LogP contribution in [0.3, 0.4) is 0 Å². The molecule has 1 saturated heterocycles. The second-order valence-corrected chi connectivity index (χ2v) is 7.92. The minimum atomic E-state index is -0.712. The van der Waals surface area contributed by atoms with Crippen LogP contribution in [0.4, 0.5) is 11.4 Å². The van der Waals surface area contributed by atoms with Crippen LogP contribution < -0.4 is 19.3 Å². The molecule has 1 aliphatic rings. The SMILES string of the molecule is C#Cc1nc(C(=O)N(c2cc(OC)cc(OC)c2)C2CCN(c3ccccc3)C2=O)cs1. The number of carbonyl (C=O) groups is 2. The summed E-state index contributed by atoms with van der Waals surface area (Å²) in [4.78, 5) is 34.4. The lowest BCUT2D eigenvalue weighted by Gasteiger charge is -2.28. The highest BCUT2D eigenvalue weighted by Crippen LogP contribution is 2.34. The zero-order valence-electron chi connectivity index (χ0n) is 17.6. The average molecular weight is 448 g/mol. The van der Waals surface area contributed by atoms with Gasteiger partial charge in [0.05, 0.1) is 19.9 Å². The summed E-state index contributed by atoms with van der Waals surface area (Å²) in [5.41, 5.74) is 1.46. The summed E-state index contributed by atoms with van der Waals surface area (Å²) in [7, 11) is 3.06. The quantitative estimate of drug-likeness (QED) is 0.540. The van der Waals surface area contributed by atoms with Gasteiger partial charge in [-0.25, -0.2) is 4.98 Å². The zero-order chi connectivity index (χ0) is 22.7. The van der Waals surface area contributed by atoms with E-state index in [0.29, 0.717) is 35.2 Å². The van der Waals surface area contributed by atoms with Crippen LogP contribution in [0.2, 0.25) is 0 Å². The molecule has 2 heterocycles. The predicted molar refractivity (Wildman–Crippen MR) is 124 cm³/mol. The molecule has 0 bridgehead atoms. The van der Waals surface area contributed by atoms with Gasteiger partial charge >= 0.3 is 0 Å². The van der Waals surface area contributed by atoms with Gasteiger partial charge in [-0.2, -0.15) is 0 Å². The summed E-state index contributed by atoms with van der Waals surface area (Å²) < 4.78 is 10.8. The number of anilines is 2. The van der Waals surface area contributed by atoms with Gasteiger partial charge in [0.2, 0.25) is 5.91 Å². The van der Waals surface area contributed by atoms with Gasteiger partial charge in [-0.05, 0) is 24.5 Å². The van der Waals surface area contributed by atoms with Crippen molar-refractivity contribution in [2.24, 2.45) is 0 Å². The number of carbonyl (C=O) groups excluding carboxylic acids is 2. The van der Waals surface area contributed by atoms with Gasteiger partial charge in [-0.15, -0.1) is 17.8 Å². The number of aromatic nitrogens is 1. The van der Waals surface area contributed by atoms with E-state index >= 15 is 0 Å². The number of ether oxygens (including phenoxy) is 2. The van der Waals surface area contributed by atoms with Gasteiger partial charge in [0.1, 0.15) is 23.2 Å². The first kappa shape index (κ1) is 21.4. The second-order valence-electron chi connectivity index (χ2n) is 7.06. The van der Waals surface area contributed by atoms with Crippen LogP contribution in [0.1, 0.15) is 21.9 Å².